The van der Waals surface area contributed by atoms with Gasteiger partial charge >= 0.3 is 6.61 Å². The minimum atomic E-state index is -3.16. The number of benzene rings is 2. The Morgan fingerprint density at radius 1 is 1.10 bits per heavy atom. The number of ether oxygens (including phenoxy) is 2. The fourth-order valence-corrected chi connectivity index (χ4v) is 2.21. The minimum Gasteiger partial charge on any atom is -0.453 e. The van der Waals surface area contributed by atoms with Crippen LogP contribution in [-0.4, -0.2) is 6.61 Å². The lowest BCUT2D eigenvalue weighted by atomic mass is 10.2. The van der Waals surface area contributed by atoms with Gasteiger partial charge in [-0.25, -0.2) is 4.39 Å². The van der Waals surface area contributed by atoms with Crippen LogP contribution in [0.3, 0.4) is 0 Å². The second-order valence-corrected chi connectivity index (χ2v) is 5.20. The van der Waals surface area contributed by atoms with Gasteiger partial charge in [-0.2, -0.15) is 8.78 Å². The van der Waals surface area contributed by atoms with Gasteiger partial charge in [0, 0.05) is 16.6 Å². The summed E-state index contributed by atoms with van der Waals surface area (Å²) in [6.07, 6.45) is 0. The molecule has 0 heterocycles. The summed E-state index contributed by atoms with van der Waals surface area (Å²) >= 11 is 9.19. The average Bonchev–Trinajstić information content (AvgIpc) is 2.37. The monoisotopic (exact) mass is 381 g/mol. The third kappa shape index (κ3) is 3.95. The first-order valence-corrected chi connectivity index (χ1v) is 6.70. The molecule has 0 unspecified atom stereocenters. The number of halogens is 5. The van der Waals surface area contributed by atoms with Crippen molar-refractivity contribution in [2.45, 2.75) is 6.61 Å². The van der Waals surface area contributed by atoms with Gasteiger partial charge in [0.15, 0.2) is 17.3 Å². The Hall–Kier alpha value is -1.60. The highest BCUT2D eigenvalue weighted by Gasteiger charge is 2.15. The summed E-state index contributed by atoms with van der Waals surface area (Å²) in [5.41, 5.74) is 5.51. The quantitative estimate of drug-likeness (QED) is 0.738. The Balaban J connectivity index is 2.34. The summed E-state index contributed by atoms with van der Waals surface area (Å²) < 4.78 is 48.0. The molecular weight excluding hydrogens is 374 g/mol. The first kappa shape index (κ1) is 15.8. The Morgan fingerprint density at radius 3 is 2.43 bits per heavy atom. The molecule has 0 radical (unpaired) electrons. The van der Waals surface area contributed by atoms with Crippen molar-refractivity contribution in [2.75, 3.05) is 5.73 Å². The van der Waals surface area contributed by atoms with Crippen molar-refractivity contribution in [2.24, 2.45) is 0 Å². The molecule has 0 saturated carbocycles. The summed E-state index contributed by atoms with van der Waals surface area (Å²) in [6, 6.07) is 6.56. The highest BCUT2D eigenvalue weighted by molar-refractivity contribution is 9.10. The standard InChI is InChI=1S/C13H8BrClF3NO2/c14-6-1-2-10(7(15)3-6)20-12-5-11(21-13(17)18)8(16)4-9(12)19/h1-5,13H,19H2. The summed E-state index contributed by atoms with van der Waals surface area (Å²) in [5, 5.41) is 0.268. The van der Waals surface area contributed by atoms with Crippen LogP contribution < -0.4 is 15.2 Å². The van der Waals surface area contributed by atoms with Crippen LogP contribution in [0.4, 0.5) is 18.9 Å². The molecule has 0 saturated heterocycles. The van der Waals surface area contributed by atoms with Gasteiger partial charge in [-0.05, 0) is 18.2 Å². The average molecular weight is 383 g/mol. The molecule has 0 atom stereocenters. The summed E-state index contributed by atoms with van der Waals surface area (Å²) in [7, 11) is 0. The lowest BCUT2D eigenvalue weighted by molar-refractivity contribution is -0.0522. The van der Waals surface area contributed by atoms with E-state index in [1.165, 1.54) is 0 Å². The Bertz CT molecular complexity index is 670. The molecule has 0 aliphatic rings. The number of nitrogen functional groups attached to an aromatic ring is 1. The zero-order chi connectivity index (χ0) is 15.6. The maximum Gasteiger partial charge on any atom is 0.387 e. The fraction of sp³-hybridized carbons (Fsp3) is 0.0769. The third-order valence-corrected chi connectivity index (χ3v) is 3.18. The van der Waals surface area contributed by atoms with Gasteiger partial charge in [0.25, 0.3) is 0 Å². The second-order valence-electron chi connectivity index (χ2n) is 3.88. The van der Waals surface area contributed by atoms with Gasteiger partial charge in [0.2, 0.25) is 0 Å². The van der Waals surface area contributed by atoms with E-state index in [9.17, 15) is 13.2 Å². The number of alkyl halides is 2. The predicted molar refractivity (Wildman–Crippen MR) is 76.7 cm³/mol. The largest absolute Gasteiger partial charge is 0.453 e. The first-order chi connectivity index (χ1) is 9.86. The molecule has 0 spiro atoms. The van der Waals surface area contributed by atoms with Crippen LogP contribution in [-0.2, 0) is 0 Å². The molecular formula is C13H8BrClF3NO2. The van der Waals surface area contributed by atoms with Crippen LogP contribution in [0.1, 0.15) is 0 Å². The highest BCUT2D eigenvalue weighted by atomic mass is 79.9. The zero-order valence-corrected chi connectivity index (χ0v) is 12.6. The van der Waals surface area contributed by atoms with E-state index >= 15 is 0 Å². The Labute approximate surface area is 131 Å². The lowest BCUT2D eigenvalue weighted by Crippen LogP contribution is -2.05. The molecule has 0 aliphatic heterocycles. The highest BCUT2D eigenvalue weighted by Crippen LogP contribution is 2.37. The number of nitrogens with two attached hydrogens (primary N) is 1. The van der Waals surface area contributed by atoms with Gasteiger partial charge < -0.3 is 15.2 Å². The summed E-state index contributed by atoms with van der Waals surface area (Å²) in [6.45, 7) is -3.16. The van der Waals surface area contributed by atoms with E-state index < -0.39 is 18.2 Å². The lowest BCUT2D eigenvalue weighted by Gasteiger charge is -2.13. The van der Waals surface area contributed by atoms with Crippen molar-refractivity contribution in [3.05, 3.63) is 45.6 Å². The topological polar surface area (TPSA) is 44.5 Å². The third-order valence-electron chi connectivity index (χ3n) is 2.39. The van der Waals surface area contributed by atoms with Gasteiger partial charge in [-0.1, -0.05) is 27.5 Å². The van der Waals surface area contributed by atoms with E-state index in [-0.39, 0.29) is 22.2 Å². The molecule has 0 aromatic heterocycles. The summed E-state index contributed by atoms with van der Waals surface area (Å²) in [5.74, 6) is -1.48. The van der Waals surface area contributed by atoms with E-state index in [1.807, 2.05) is 0 Å². The van der Waals surface area contributed by atoms with Crippen molar-refractivity contribution in [1.82, 2.24) is 0 Å². The normalized spacial score (nSPS) is 10.8. The smallest absolute Gasteiger partial charge is 0.387 e. The molecule has 112 valence electrons. The van der Waals surface area contributed by atoms with Crippen LogP contribution in [0.15, 0.2) is 34.8 Å². The van der Waals surface area contributed by atoms with E-state index in [4.69, 9.17) is 22.1 Å². The maximum absolute atomic E-state index is 13.4. The van der Waals surface area contributed by atoms with Crippen LogP contribution >= 0.6 is 27.5 Å². The number of hydrogen-bond acceptors (Lipinski definition) is 3. The van der Waals surface area contributed by atoms with Crippen LogP contribution in [0.2, 0.25) is 5.02 Å². The van der Waals surface area contributed by atoms with Crippen molar-refractivity contribution in [1.29, 1.82) is 0 Å². The minimum absolute atomic E-state index is 0.0451. The molecule has 0 bridgehead atoms. The first-order valence-electron chi connectivity index (χ1n) is 5.53. The second kappa shape index (κ2) is 6.44. The Morgan fingerprint density at radius 2 is 1.81 bits per heavy atom. The van der Waals surface area contributed by atoms with Gasteiger partial charge in [-0.15, -0.1) is 0 Å². The van der Waals surface area contributed by atoms with Gasteiger partial charge in [0.1, 0.15) is 5.75 Å². The molecule has 0 fully saturated rings. The number of rotatable bonds is 4. The van der Waals surface area contributed by atoms with Gasteiger partial charge in [0.05, 0.1) is 10.7 Å². The fourth-order valence-electron chi connectivity index (χ4n) is 1.50. The maximum atomic E-state index is 13.4. The Kier molecular flexibility index (Phi) is 4.84. The van der Waals surface area contributed by atoms with E-state index in [2.05, 4.69) is 20.7 Å². The van der Waals surface area contributed by atoms with Crippen molar-refractivity contribution in [3.8, 4) is 17.2 Å². The van der Waals surface area contributed by atoms with Crippen LogP contribution in [0, 0.1) is 5.82 Å². The van der Waals surface area contributed by atoms with Crippen molar-refractivity contribution >= 4 is 33.2 Å². The van der Waals surface area contributed by atoms with Crippen molar-refractivity contribution in [3.63, 3.8) is 0 Å². The molecule has 3 nitrogen and oxygen atoms in total. The number of hydrogen-bond donors (Lipinski definition) is 1. The van der Waals surface area contributed by atoms with E-state index in [0.717, 1.165) is 16.6 Å². The molecule has 2 aromatic rings. The molecule has 0 amide bonds. The van der Waals surface area contributed by atoms with Crippen molar-refractivity contribution < 1.29 is 22.6 Å². The molecule has 2 aromatic carbocycles. The molecule has 2 N–H and O–H groups in total. The molecule has 8 heteroatoms. The predicted octanol–water partition coefficient (Wildman–Crippen LogP) is 5.22. The van der Waals surface area contributed by atoms with Crippen LogP contribution in [0.25, 0.3) is 0 Å². The summed E-state index contributed by atoms with van der Waals surface area (Å²) in [4.78, 5) is 0. The SMILES string of the molecule is Nc1cc(F)c(OC(F)F)cc1Oc1ccc(Br)cc1Cl. The van der Waals surface area contributed by atoms with Crippen LogP contribution in [0.5, 0.6) is 17.2 Å². The van der Waals surface area contributed by atoms with E-state index in [1.54, 1.807) is 18.2 Å². The molecule has 2 rings (SSSR count). The zero-order valence-electron chi connectivity index (χ0n) is 10.2. The number of anilines is 1. The molecule has 21 heavy (non-hydrogen) atoms. The molecule has 0 aliphatic carbocycles. The van der Waals surface area contributed by atoms with E-state index in [0.29, 0.717) is 0 Å². The van der Waals surface area contributed by atoms with Gasteiger partial charge in [-0.3, -0.25) is 0 Å².